The van der Waals surface area contributed by atoms with Gasteiger partial charge in [0.1, 0.15) is 0 Å². The highest BCUT2D eigenvalue weighted by Gasteiger charge is 1.97. The Hall–Kier alpha value is -0.900. The molecule has 0 aliphatic heterocycles. The lowest BCUT2D eigenvalue weighted by Gasteiger charge is -2.02. The third-order valence-corrected chi connectivity index (χ3v) is 1.37. The average molecular weight is 188 g/mol. The summed E-state index contributed by atoms with van der Waals surface area (Å²) in [6.07, 6.45) is 2.78. The van der Waals surface area contributed by atoms with Gasteiger partial charge in [-0.05, 0) is 19.3 Å². The lowest BCUT2D eigenvalue weighted by atomic mass is 10.3. The van der Waals surface area contributed by atoms with Gasteiger partial charge in [0.15, 0.2) is 0 Å². The zero-order valence-electron chi connectivity index (χ0n) is 7.95. The molecular weight excluding hydrogens is 172 g/mol. The standard InChI is InChI=1S/C9H16O4/c1-2-5-12-6-3-4-7-13-9(11)8-10/h8H,2-7H2,1H3. The Balaban J connectivity index is 2.99. The van der Waals surface area contributed by atoms with E-state index in [1.54, 1.807) is 0 Å². The van der Waals surface area contributed by atoms with Crippen LogP contribution in [0, 0.1) is 0 Å². The first-order valence-corrected chi connectivity index (χ1v) is 4.51. The first-order valence-electron chi connectivity index (χ1n) is 4.51. The van der Waals surface area contributed by atoms with Crippen molar-refractivity contribution in [3.8, 4) is 0 Å². The van der Waals surface area contributed by atoms with Crippen molar-refractivity contribution in [2.45, 2.75) is 26.2 Å². The van der Waals surface area contributed by atoms with Gasteiger partial charge in [-0.15, -0.1) is 0 Å². The maximum atomic E-state index is 10.3. The van der Waals surface area contributed by atoms with Gasteiger partial charge >= 0.3 is 5.97 Å². The molecule has 0 spiro atoms. The number of hydrogen-bond donors (Lipinski definition) is 0. The Morgan fingerprint density at radius 3 is 2.54 bits per heavy atom. The number of unbranched alkanes of at least 4 members (excludes halogenated alkanes) is 1. The Labute approximate surface area is 78.2 Å². The number of rotatable bonds is 8. The van der Waals surface area contributed by atoms with Crippen LogP contribution in [0.2, 0.25) is 0 Å². The van der Waals surface area contributed by atoms with Crippen LogP contribution < -0.4 is 0 Å². The number of ether oxygens (including phenoxy) is 2. The van der Waals surface area contributed by atoms with E-state index >= 15 is 0 Å². The maximum absolute atomic E-state index is 10.3. The van der Waals surface area contributed by atoms with Crippen molar-refractivity contribution in [2.75, 3.05) is 19.8 Å². The van der Waals surface area contributed by atoms with E-state index in [0.29, 0.717) is 13.2 Å². The van der Waals surface area contributed by atoms with E-state index in [1.165, 1.54) is 0 Å². The monoisotopic (exact) mass is 188 g/mol. The second-order valence-corrected chi connectivity index (χ2v) is 2.60. The lowest BCUT2D eigenvalue weighted by Crippen LogP contribution is -2.07. The molecule has 0 aromatic heterocycles. The third kappa shape index (κ3) is 9.01. The molecule has 0 aromatic carbocycles. The number of hydrogen-bond acceptors (Lipinski definition) is 4. The van der Waals surface area contributed by atoms with E-state index in [4.69, 9.17) is 4.74 Å². The molecule has 0 bridgehead atoms. The summed E-state index contributed by atoms with van der Waals surface area (Å²) in [6, 6.07) is 0. The van der Waals surface area contributed by atoms with Gasteiger partial charge in [0.2, 0.25) is 6.29 Å². The van der Waals surface area contributed by atoms with Gasteiger partial charge < -0.3 is 9.47 Å². The molecule has 0 aliphatic rings. The smallest absolute Gasteiger partial charge is 0.371 e. The van der Waals surface area contributed by atoms with Crippen LogP contribution in [-0.4, -0.2) is 32.1 Å². The van der Waals surface area contributed by atoms with Crippen molar-refractivity contribution < 1.29 is 19.1 Å². The van der Waals surface area contributed by atoms with Crippen molar-refractivity contribution in [2.24, 2.45) is 0 Å². The fraction of sp³-hybridized carbons (Fsp3) is 0.778. The van der Waals surface area contributed by atoms with Gasteiger partial charge in [-0.3, -0.25) is 4.79 Å². The highest BCUT2D eigenvalue weighted by Crippen LogP contribution is 1.92. The fourth-order valence-corrected chi connectivity index (χ4v) is 0.759. The van der Waals surface area contributed by atoms with E-state index in [0.717, 1.165) is 25.9 Å². The highest BCUT2D eigenvalue weighted by atomic mass is 16.5. The van der Waals surface area contributed by atoms with Gasteiger partial charge in [0.25, 0.3) is 0 Å². The molecule has 4 heteroatoms. The molecule has 0 N–H and O–H groups in total. The van der Waals surface area contributed by atoms with Gasteiger partial charge in [-0.2, -0.15) is 0 Å². The molecular formula is C9H16O4. The van der Waals surface area contributed by atoms with E-state index in [2.05, 4.69) is 4.74 Å². The van der Waals surface area contributed by atoms with Crippen molar-refractivity contribution in [3.63, 3.8) is 0 Å². The summed E-state index contributed by atoms with van der Waals surface area (Å²) in [6.45, 7) is 3.81. The van der Waals surface area contributed by atoms with Gasteiger partial charge in [0.05, 0.1) is 6.61 Å². The van der Waals surface area contributed by atoms with E-state index in [1.807, 2.05) is 6.92 Å². The minimum absolute atomic E-state index is 0.174. The lowest BCUT2D eigenvalue weighted by molar-refractivity contribution is -0.148. The summed E-state index contributed by atoms with van der Waals surface area (Å²) in [5.41, 5.74) is 0. The van der Waals surface area contributed by atoms with Crippen molar-refractivity contribution in [3.05, 3.63) is 0 Å². The van der Waals surface area contributed by atoms with E-state index < -0.39 is 5.97 Å². The third-order valence-electron chi connectivity index (χ3n) is 1.37. The predicted octanol–water partition coefficient (Wildman–Crippen LogP) is 0.935. The molecule has 0 aromatic rings. The molecule has 76 valence electrons. The van der Waals surface area contributed by atoms with Crippen LogP contribution in [0.4, 0.5) is 0 Å². The maximum Gasteiger partial charge on any atom is 0.371 e. The average Bonchev–Trinajstić information content (AvgIpc) is 2.16. The molecule has 0 atom stereocenters. The van der Waals surface area contributed by atoms with Crippen LogP contribution in [-0.2, 0) is 19.1 Å². The van der Waals surface area contributed by atoms with Crippen molar-refractivity contribution >= 4 is 12.3 Å². The molecule has 0 heterocycles. The topological polar surface area (TPSA) is 52.6 Å². The minimum atomic E-state index is -0.797. The second kappa shape index (κ2) is 9.19. The van der Waals surface area contributed by atoms with Crippen molar-refractivity contribution in [1.82, 2.24) is 0 Å². The molecule has 0 fully saturated rings. The predicted molar refractivity (Wildman–Crippen MR) is 47.4 cm³/mol. The molecule has 0 rings (SSSR count). The minimum Gasteiger partial charge on any atom is -0.460 e. The quantitative estimate of drug-likeness (QED) is 0.246. The molecule has 0 saturated carbocycles. The van der Waals surface area contributed by atoms with Crippen LogP contribution in [0.5, 0.6) is 0 Å². The normalized spacial score (nSPS) is 9.62. The summed E-state index contributed by atoms with van der Waals surface area (Å²) in [4.78, 5) is 20.1. The summed E-state index contributed by atoms with van der Waals surface area (Å²) in [7, 11) is 0. The largest absolute Gasteiger partial charge is 0.460 e. The van der Waals surface area contributed by atoms with Gasteiger partial charge in [-0.1, -0.05) is 6.92 Å². The fourth-order valence-electron chi connectivity index (χ4n) is 0.759. The number of carbonyl (C=O) groups excluding carboxylic acids is 2. The van der Waals surface area contributed by atoms with Gasteiger partial charge in [0, 0.05) is 13.2 Å². The Morgan fingerprint density at radius 1 is 1.23 bits per heavy atom. The van der Waals surface area contributed by atoms with E-state index in [-0.39, 0.29) is 6.29 Å². The Morgan fingerprint density at radius 2 is 1.92 bits per heavy atom. The van der Waals surface area contributed by atoms with Crippen molar-refractivity contribution in [1.29, 1.82) is 0 Å². The Kier molecular flexibility index (Phi) is 8.55. The van der Waals surface area contributed by atoms with E-state index in [9.17, 15) is 9.59 Å². The zero-order valence-corrected chi connectivity index (χ0v) is 7.95. The molecule has 0 radical (unpaired) electrons. The van der Waals surface area contributed by atoms with Crippen LogP contribution >= 0.6 is 0 Å². The summed E-state index contributed by atoms with van der Waals surface area (Å²) < 4.78 is 9.74. The molecule has 13 heavy (non-hydrogen) atoms. The second-order valence-electron chi connectivity index (χ2n) is 2.60. The molecule has 4 nitrogen and oxygen atoms in total. The first kappa shape index (κ1) is 12.1. The van der Waals surface area contributed by atoms with Crippen LogP contribution in [0.1, 0.15) is 26.2 Å². The van der Waals surface area contributed by atoms with Crippen LogP contribution in [0.15, 0.2) is 0 Å². The summed E-state index contributed by atoms with van der Waals surface area (Å²) in [5.74, 6) is -0.797. The molecule has 0 amide bonds. The molecule has 0 aliphatic carbocycles. The molecule has 0 unspecified atom stereocenters. The first-order chi connectivity index (χ1) is 6.31. The summed E-state index contributed by atoms with van der Waals surface area (Å²) >= 11 is 0. The Bertz CT molecular complexity index is 145. The number of esters is 1. The summed E-state index contributed by atoms with van der Waals surface area (Å²) in [5, 5.41) is 0. The molecule has 0 saturated heterocycles. The van der Waals surface area contributed by atoms with Crippen LogP contribution in [0.3, 0.4) is 0 Å². The number of aldehydes is 1. The van der Waals surface area contributed by atoms with Gasteiger partial charge in [-0.25, -0.2) is 4.79 Å². The SMILES string of the molecule is CCCOCCCCOC(=O)C=O. The zero-order chi connectivity index (χ0) is 9.94. The van der Waals surface area contributed by atoms with Crippen LogP contribution in [0.25, 0.3) is 0 Å². The highest BCUT2D eigenvalue weighted by molar-refractivity contribution is 6.20. The number of carbonyl (C=O) groups is 2.